The van der Waals surface area contributed by atoms with E-state index < -0.39 is 12.7 Å². The second-order valence-corrected chi connectivity index (χ2v) is 3.92. The molecule has 0 aliphatic heterocycles. The maximum atomic E-state index is 11.9. The maximum Gasteiger partial charge on any atom is 0.401 e. The average Bonchev–Trinajstić information content (AvgIpc) is 2.84. The van der Waals surface area contributed by atoms with Crippen LogP contribution in [0.1, 0.15) is 11.7 Å². The normalized spacial score (nSPS) is 11.6. The molecule has 8 heteroatoms. The van der Waals surface area contributed by atoms with Crippen LogP contribution in [0, 0.1) is 0 Å². The summed E-state index contributed by atoms with van der Waals surface area (Å²) in [6.45, 7) is -1.16. The number of nitrogens with zero attached hydrogens (tertiary/aromatic N) is 2. The van der Waals surface area contributed by atoms with E-state index in [1.807, 2.05) is 18.2 Å². The van der Waals surface area contributed by atoms with E-state index in [0.29, 0.717) is 5.75 Å². The Morgan fingerprint density at radius 2 is 1.95 bits per heavy atom. The Morgan fingerprint density at radius 3 is 2.65 bits per heavy atom. The van der Waals surface area contributed by atoms with Crippen molar-refractivity contribution in [1.29, 1.82) is 0 Å². The van der Waals surface area contributed by atoms with Crippen LogP contribution in [0.15, 0.2) is 34.9 Å². The van der Waals surface area contributed by atoms with Gasteiger partial charge in [-0.3, -0.25) is 0 Å². The minimum absolute atomic E-state index is 0.0842. The highest BCUT2D eigenvalue weighted by Gasteiger charge is 2.26. The molecule has 1 aromatic carbocycles. The number of halogens is 3. The number of hydrogen-bond donors (Lipinski definition) is 1. The summed E-state index contributed by atoms with van der Waals surface area (Å²) in [6, 6.07) is 9.03. The maximum absolute atomic E-state index is 11.9. The monoisotopic (exact) mass is 287 g/mol. The molecule has 0 atom stereocenters. The topological polar surface area (TPSA) is 60.2 Å². The highest BCUT2D eigenvalue weighted by molar-refractivity contribution is 5.20. The van der Waals surface area contributed by atoms with E-state index in [0.717, 1.165) is 0 Å². The van der Waals surface area contributed by atoms with Gasteiger partial charge in [-0.2, -0.15) is 18.2 Å². The predicted octanol–water partition coefficient (Wildman–Crippen LogP) is 2.30. The zero-order valence-electron chi connectivity index (χ0n) is 10.4. The van der Waals surface area contributed by atoms with Gasteiger partial charge in [0.05, 0.1) is 13.1 Å². The van der Waals surface area contributed by atoms with Crippen molar-refractivity contribution in [3.63, 3.8) is 0 Å². The summed E-state index contributed by atoms with van der Waals surface area (Å²) in [7, 11) is 0. The third kappa shape index (κ3) is 4.88. The second kappa shape index (κ2) is 6.38. The molecule has 0 aliphatic rings. The lowest BCUT2D eigenvalue weighted by molar-refractivity contribution is -0.125. The number of benzene rings is 1. The quantitative estimate of drug-likeness (QED) is 0.883. The zero-order chi connectivity index (χ0) is 14.4. The molecule has 0 unspecified atom stereocenters. The van der Waals surface area contributed by atoms with Crippen LogP contribution < -0.4 is 10.1 Å². The van der Waals surface area contributed by atoms with Crippen LogP contribution in [0.3, 0.4) is 0 Å². The molecule has 0 fully saturated rings. The first kappa shape index (κ1) is 14.3. The number of aromatic nitrogens is 2. The Labute approximate surface area is 112 Å². The first-order chi connectivity index (χ1) is 9.53. The molecule has 108 valence electrons. The van der Waals surface area contributed by atoms with Crippen molar-refractivity contribution in [2.45, 2.75) is 19.3 Å². The summed E-state index contributed by atoms with van der Waals surface area (Å²) >= 11 is 0. The molecular weight excluding hydrogens is 275 g/mol. The smallest absolute Gasteiger partial charge is 0.401 e. The van der Waals surface area contributed by atoms with E-state index in [4.69, 9.17) is 9.26 Å². The fraction of sp³-hybridized carbons (Fsp3) is 0.333. The van der Waals surface area contributed by atoms with E-state index in [1.54, 1.807) is 12.1 Å². The van der Waals surface area contributed by atoms with Crippen molar-refractivity contribution in [3.8, 4) is 5.75 Å². The lowest BCUT2D eigenvalue weighted by atomic mass is 10.3. The largest absolute Gasteiger partial charge is 0.485 e. The molecule has 0 spiro atoms. The highest BCUT2D eigenvalue weighted by atomic mass is 19.4. The second-order valence-electron chi connectivity index (χ2n) is 3.92. The zero-order valence-corrected chi connectivity index (χ0v) is 10.4. The molecule has 0 radical (unpaired) electrons. The van der Waals surface area contributed by atoms with Gasteiger partial charge in [-0.25, -0.2) is 0 Å². The van der Waals surface area contributed by atoms with Crippen LogP contribution >= 0.6 is 0 Å². The number of rotatable bonds is 6. The first-order valence-electron chi connectivity index (χ1n) is 5.80. The van der Waals surface area contributed by atoms with Gasteiger partial charge in [0.2, 0.25) is 11.7 Å². The van der Waals surface area contributed by atoms with Gasteiger partial charge in [0.15, 0.2) is 6.61 Å². The van der Waals surface area contributed by atoms with Crippen molar-refractivity contribution in [1.82, 2.24) is 15.5 Å². The van der Waals surface area contributed by atoms with Gasteiger partial charge in [-0.05, 0) is 12.1 Å². The molecule has 2 aromatic rings. The molecule has 0 saturated heterocycles. The SMILES string of the molecule is FC(F)(F)CNCc1nc(COc2ccccc2)no1. The van der Waals surface area contributed by atoms with Gasteiger partial charge in [0.25, 0.3) is 0 Å². The van der Waals surface area contributed by atoms with Crippen molar-refractivity contribution < 1.29 is 22.4 Å². The Kier molecular flexibility index (Phi) is 4.57. The van der Waals surface area contributed by atoms with E-state index >= 15 is 0 Å². The Hall–Kier alpha value is -2.09. The summed E-state index contributed by atoms with van der Waals surface area (Å²) in [5.41, 5.74) is 0. The molecule has 1 N–H and O–H groups in total. The third-order valence-corrected chi connectivity index (χ3v) is 2.22. The van der Waals surface area contributed by atoms with E-state index in [-0.39, 0.29) is 24.9 Å². The molecule has 1 heterocycles. The minimum Gasteiger partial charge on any atom is -0.485 e. The van der Waals surface area contributed by atoms with Gasteiger partial charge in [0.1, 0.15) is 5.75 Å². The van der Waals surface area contributed by atoms with Crippen molar-refractivity contribution in [2.24, 2.45) is 0 Å². The predicted molar refractivity (Wildman–Crippen MR) is 62.8 cm³/mol. The number of nitrogens with one attached hydrogen (secondary N) is 1. The summed E-state index contributed by atoms with van der Waals surface area (Å²) in [4.78, 5) is 3.91. The number of alkyl halides is 3. The molecule has 2 rings (SSSR count). The third-order valence-electron chi connectivity index (χ3n) is 2.22. The Balaban J connectivity index is 1.77. The summed E-state index contributed by atoms with van der Waals surface area (Å²) in [5, 5.41) is 5.78. The number of ether oxygens (including phenoxy) is 1. The molecule has 0 aliphatic carbocycles. The van der Waals surface area contributed by atoms with Gasteiger partial charge < -0.3 is 14.6 Å². The Morgan fingerprint density at radius 1 is 1.20 bits per heavy atom. The van der Waals surface area contributed by atoms with Crippen LogP contribution in [0.5, 0.6) is 5.75 Å². The minimum atomic E-state index is -4.26. The van der Waals surface area contributed by atoms with Crippen molar-refractivity contribution in [2.75, 3.05) is 6.54 Å². The number of para-hydroxylation sites is 1. The first-order valence-corrected chi connectivity index (χ1v) is 5.80. The molecule has 0 saturated carbocycles. The molecule has 0 amide bonds. The van der Waals surface area contributed by atoms with E-state index in [1.165, 1.54) is 0 Å². The van der Waals surface area contributed by atoms with Gasteiger partial charge in [-0.15, -0.1) is 0 Å². The summed E-state index contributed by atoms with van der Waals surface area (Å²) < 4.78 is 45.9. The van der Waals surface area contributed by atoms with Gasteiger partial charge in [-0.1, -0.05) is 23.4 Å². The van der Waals surface area contributed by atoms with E-state index in [9.17, 15) is 13.2 Å². The van der Waals surface area contributed by atoms with Crippen LogP contribution in [0.25, 0.3) is 0 Å². The average molecular weight is 287 g/mol. The van der Waals surface area contributed by atoms with E-state index in [2.05, 4.69) is 15.5 Å². The standard InChI is InChI=1S/C12H12F3N3O2/c13-12(14,15)8-16-6-11-17-10(18-20-11)7-19-9-4-2-1-3-5-9/h1-5,16H,6-8H2. The van der Waals surface area contributed by atoms with Crippen LogP contribution in [0.2, 0.25) is 0 Å². The van der Waals surface area contributed by atoms with Gasteiger partial charge in [0, 0.05) is 0 Å². The van der Waals surface area contributed by atoms with Crippen molar-refractivity contribution in [3.05, 3.63) is 42.0 Å². The molecule has 1 aromatic heterocycles. The van der Waals surface area contributed by atoms with Crippen LogP contribution in [0.4, 0.5) is 13.2 Å². The van der Waals surface area contributed by atoms with Gasteiger partial charge >= 0.3 is 6.18 Å². The van der Waals surface area contributed by atoms with Crippen molar-refractivity contribution >= 4 is 0 Å². The molecule has 20 heavy (non-hydrogen) atoms. The lowest BCUT2D eigenvalue weighted by Gasteiger charge is -2.05. The molecule has 5 nitrogen and oxygen atoms in total. The molecular formula is C12H12F3N3O2. The summed E-state index contributed by atoms with van der Waals surface area (Å²) in [6.07, 6.45) is -4.26. The fourth-order valence-electron chi connectivity index (χ4n) is 1.40. The highest BCUT2D eigenvalue weighted by Crippen LogP contribution is 2.13. The summed E-state index contributed by atoms with van der Waals surface area (Å²) in [5.74, 6) is 1.01. The number of hydrogen-bond acceptors (Lipinski definition) is 5. The molecule has 0 bridgehead atoms. The van der Waals surface area contributed by atoms with Crippen LogP contribution in [-0.4, -0.2) is 22.9 Å². The Bertz CT molecular complexity index is 528. The lowest BCUT2D eigenvalue weighted by Crippen LogP contribution is -2.28. The van der Waals surface area contributed by atoms with Crippen LogP contribution in [-0.2, 0) is 13.2 Å². The fourth-order valence-corrected chi connectivity index (χ4v) is 1.40.